The third-order valence-corrected chi connectivity index (χ3v) is 3.06. The van der Waals surface area contributed by atoms with Crippen LogP contribution in [0.2, 0.25) is 5.02 Å². The lowest BCUT2D eigenvalue weighted by atomic mass is 10.0. The maximum absolute atomic E-state index is 5.99. The van der Waals surface area contributed by atoms with E-state index in [4.69, 9.17) is 11.6 Å². The molecule has 2 aromatic rings. The molecule has 0 aliphatic rings. The second kappa shape index (κ2) is 5.88. The van der Waals surface area contributed by atoms with Gasteiger partial charge in [-0.1, -0.05) is 61.3 Å². The Kier molecular flexibility index (Phi) is 4.22. The predicted molar refractivity (Wildman–Crippen MR) is 75.2 cm³/mol. The number of rotatable bonds is 4. The molecule has 1 heteroatoms. The molecule has 2 rings (SSSR count). The first-order chi connectivity index (χ1) is 8.29. The molecule has 0 atom stereocenters. The van der Waals surface area contributed by atoms with Crippen LogP contribution in [0.1, 0.15) is 18.4 Å². The molecule has 0 aromatic heterocycles. The van der Waals surface area contributed by atoms with Crippen molar-refractivity contribution in [3.05, 3.63) is 66.0 Å². The Morgan fingerprint density at radius 1 is 0.941 bits per heavy atom. The molecule has 0 saturated heterocycles. The molecule has 0 unspecified atom stereocenters. The van der Waals surface area contributed by atoms with Crippen LogP contribution >= 0.6 is 11.6 Å². The topological polar surface area (TPSA) is 0 Å². The summed E-state index contributed by atoms with van der Waals surface area (Å²) in [4.78, 5) is 0. The molecule has 17 heavy (non-hydrogen) atoms. The number of hydrogen-bond acceptors (Lipinski definition) is 0. The first-order valence-electron chi connectivity index (χ1n) is 5.94. The van der Waals surface area contributed by atoms with Crippen molar-refractivity contribution in [2.75, 3.05) is 0 Å². The number of aryl methyl sites for hydroxylation is 1. The molecule has 0 aliphatic carbocycles. The molecule has 0 aliphatic heterocycles. The molecule has 0 nitrogen and oxygen atoms in total. The van der Waals surface area contributed by atoms with Crippen LogP contribution in [-0.2, 0) is 6.42 Å². The summed E-state index contributed by atoms with van der Waals surface area (Å²) < 4.78 is 0. The summed E-state index contributed by atoms with van der Waals surface area (Å²) in [5.74, 6) is 0. The van der Waals surface area contributed by atoms with Crippen LogP contribution in [0.4, 0.5) is 0 Å². The minimum atomic E-state index is 0.781. The molecule has 2 aromatic carbocycles. The summed E-state index contributed by atoms with van der Waals surface area (Å²) in [6.45, 7) is 3.86. The van der Waals surface area contributed by atoms with Gasteiger partial charge < -0.3 is 0 Å². The van der Waals surface area contributed by atoms with Crippen LogP contribution in [0.25, 0.3) is 11.1 Å². The van der Waals surface area contributed by atoms with Gasteiger partial charge in [-0.25, -0.2) is 0 Å². The van der Waals surface area contributed by atoms with Gasteiger partial charge >= 0.3 is 0 Å². The van der Waals surface area contributed by atoms with Crippen molar-refractivity contribution in [2.45, 2.75) is 19.3 Å². The third kappa shape index (κ3) is 3.34. The summed E-state index contributed by atoms with van der Waals surface area (Å²) >= 11 is 5.99. The van der Waals surface area contributed by atoms with E-state index in [1.807, 2.05) is 18.2 Å². The van der Waals surface area contributed by atoms with E-state index in [0.29, 0.717) is 0 Å². The molecule has 0 amide bonds. The van der Waals surface area contributed by atoms with Gasteiger partial charge in [-0.05, 0) is 41.7 Å². The van der Waals surface area contributed by atoms with Crippen LogP contribution in [0.3, 0.4) is 0 Å². The fraction of sp³-hybridized carbons (Fsp3) is 0.188. The van der Waals surface area contributed by atoms with Gasteiger partial charge in [-0.2, -0.15) is 0 Å². The molecule has 0 heterocycles. The molecule has 0 saturated carbocycles. The van der Waals surface area contributed by atoms with E-state index in [-0.39, 0.29) is 0 Å². The Morgan fingerprint density at radius 2 is 1.71 bits per heavy atom. The van der Waals surface area contributed by atoms with Crippen molar-refractivity contribution in [3.8, 4) is 11.1 Å². The quantitative estimate of drug-likeness (QED) is 0.696. The van der Waals surface area contributed by atoms with Gasteiger partial charge in [0.25, 0.3) is 0 Å². The summed E-state index contributed by atoms with van der Waals surface area (Å²) in [6.07, 6.45) is 3.26. The van der Waals surface area contributed by atoms with E-state index in [1.165, 1.54) is 16.7 Å². The number of halogens is 1. The highest BCUT2D eigenvalue weighted by atomic mass is 35.5. The van der Waals surface area contributed by atoms with Gasteiger partial charge in [0.05, 0.1) is 0 Å². The van der Waals surface area contributed by atoms with E-state index < -0.39 is 0 Å². The Hall–Kier alpha value is -1.27. The SMILES string of the molecule is [CH2]CCCc1ccc(-c2cccc(Cl)c2)cc1. The van der Waals surface area contributed by atoms with Gasteiger partial charge in [0.15, 0.2) is 0 Å². The monoisotopic (exact) mass is 243 g/mol. The van der Waals surface area contributed by atoms with Crippen LogP contribution in [-0.4, -0.2) is 0 Å². The Bertz CT molecular complexity index is 471. The van der Waals surface area contributed by atoms with Crippen LogP contribution < -0.4 is 0 Å². The second-order valence-corrected chi connectivity index (χ2v) is 4.60. The van der Waals surface area contributed by atoms with Gasteiger partial charge in [-0.3, -0.25) is 0 Å². The number of unbranched alkanes of at least 4 members (excludes halogenated alkanes) is 1. The lowest BCUT2D eigenvalue weighted by Crippen LogP contribution is -1.85. The van der Waals surface area contributed by atoms with Gasteiger partial charge in [-0.15, -0.1) is 0 Å². The van der Waals surface area contributed by atoms with Gasteiger partial charge in [0.1, 0.15) is 0 Å². The molecular weight excluding hydrogens is 228 g/mol. The van der Waals surface area contributed by atoms with Crippen LogP contribution in [0.5, 0.6) is 0 Å². The standard InChI is InChI=1S/C16H16Cl/c1-2-3-5-13-8-10-14(11-9-13)15-6-4-7-16(17)12-15/h4,6-12H,1-3,5H2. The minimum absolute atomic E-state index is 0.781. The summed E-state index contributed by atoms with van der Waals surface area (Å²) in [5, 5.41) is 0.781. The minimum Gasteiger partial charge on any atom is -0.0843 e. The average Bonchev–Trinajstić information content (AvgIpc) is 2.37. The average molecular weight is 244 g/mol. The van der Waals surface area contributed by atoms with Crippen molar-refractivity contribution < 1.29 is 0 Å². The number of benzene rings is 2. The van der Waals surface area contributed by atoms with E-state index in [0.717, 1.165) is 24.3 Å². The first kappa shape index (κ1) is 12.2. The van der Waals surface area contributed by atoms with Crippen molar-refractivity contribution in [2.24, 2.45) is 0 Å². The fourth-order valence-electron chi connectivity index (χ4n) is 1.86. The Labute approximate surface area is 108 Å². The predicted octanol–water partition coefficient (Wildman–Crippen LogP) is 5.16. The number of hydrogen-bond donors (Lipinski definition) is 0. The summed E-state index contributed by atoms with van der Waals surface area (Å²) in [7, 11) is 0. The Morgan fingerprint density at radius 3 is 2.35 bits per heavy atom. The normalized spacial score (nSPS) is 10.5. The molecule has 1 radical (unpaired) electrons. The molecule has 0 fully saturated rings. The van der Waals surface area contributed by atoms with Gasteiger partial charge in [0.2, 0.25) is 0 Å². The lowest BCUT2D eigenvalue weighted by Gasteiger charge is -2.04. The summed E-state index contributed by atoms with van der Waals surface area (Å²) in [6, 6.07) is 16.6. The van der Waals surface area contributed by atoms with E-state index in [2.05, 4.69) is 37.3 Å². The highest BCUT2D eigenvalue weighted by Gasteiger charge is 1.98. The highest BCUT2D eigenvalue weighted by Crippen LogP contribution is 2.23. The Balaban J connectivity index is 2.17. The second-order valence-electron chi connectivity index (χ2n) is 4.16. The largest absolute Gasteiger partial charge is 0.0843 e. The molecule has 87 valence electrons. The summed E-state index contributed by atoms with van der Waals surface area (Å²) in [5.41, 5.74) is 3.76. The van der Waals surface area contributed by atoms with Crippen molar-refractivity contribution in [1.29, 1.82) is 0 Å². The van der Waals surface area contributed by atoms with E-state index in [1.54, 1.807) is 0 Å². The lowest BCUT2D eigenvalue weighted by molar-refractivity contribution is 0.841. The van der Waals surface area contributed by atoms with E-state index >= 15 is 0 Å². The highest BCUT2D eigenvalue weighted by molar-refractivity contribution is 6.30. The smallest absolute Gasteiger partial charge is 0.0412 e. The molecule has 0 bridgehead atoms. The molecule has 0 N–H and O–H groups in total. The third-order valence-electron chi connectivity index (χ3n) is 2.83. The maximum atomic E-state index is 5.99. The zero-order valence-electron chi connectivity index (χ0n) is 9.83. The zero-order valence-corrected chi connectivity index (χ0v) is 10.6. The van der Waals surface area contributed by atoms with Crippen molar-refractivity contribution >= 4 is 11.6 Å². The zero-order chi connectivity index (χ0) is 12.1. The molecular formula is C16H16Cl. The van der Waals surface area contributed by atoms with Crippen LogP contribution in [0.15, 0.2) is 48.5 Å². The van der Waals surface area contributed by atoms with Crippen LogP contribution in [0, 0.1) is 6.92 Å². The van der Waals surface area contributed by atoms with Crippen molar-refractivity contribution in [3.63, 3.8) is 0 Å². The van der Waals surface area contributed by atoms with E-state index in [9.17, 15) is 0 Å². The fourth-order valence-corrected chi connectivity index (χ4v) is 2.05. The maximum Gasteiger partial charge on any atom is 0.0412 e. The first-order valence-corrected chi connectivity index (χ1v) is 6.31. The van der Waals surface area contributed by atoms with Crippen molar-refractivity contribution in [1.82, 2.24) is 0 Å². The van der Waals surface area contributed by atoms with Gasteiger partial charge in [0, 0.05) is 5.02 Å². The molecule has 0 spiro atoms.